The fourth-order valence-electron chi connectivity index (χ4n) is 4.18. The second kappa shape index (κ2) is 8.73. The molecule has 4 aromatic rings. The molecule has 0 amide bonds. The standard InChI is InChI=1S/C24H23Cl2N3OS2/c1-4-5-18-15-10-30-24(2,3)9-14(15)19-20-21(32-22(19)29-18)23(28-12-27-20)31-11-13-6-7-16(25)17(26)8-13/h6-8,12H,4-5,9-11H2,1-3H3. The Bertz CT molecular complexity index is 1340. The molecule has 1 aromatic carbocycles. The van der Waals surface area contributed by atoms with Gasteiger partial charge in [0, 0.05) is 28.8 Å². The zero-order valence-electron chi connectivity index (χ0n) is 18.2. The molecule has 0 bridgehead atoms. The van der Waals surface area contributed by atoms with E-state index in [-0.39, 0.29) is 5.60 Å². The highest BCUT2D eigenvalue weighted by Gasteiger charge is 2.31. The highest BCUT2D eigenvalue weighted by atomic mass is 35.5. The summed E-state index contributed by atoms with van der Waals surface area (Å²) in [5.74, 6) is 0.755. The molecule has 5 rings (SSSR count). The topological polar surface area (TPSA) is 47.9 Å². The summed E-state index contributed by atoms with van der Waals surface area (Å²) in [6.07, 6.45) is 4.55. The molecule has 166 valence electrons. The van der Waals surface area contributed by atoms with Gasteiger partial charge in [-0.1, -0.05) is 42.6 Å². The van der Waals surface area contributed by atoms with Gasteiger partial charge >= 0.3 is 0 Å². The Morgan fingerprint density at radius 1 is 1.16 bits per heavy atom. The SMILES string of the molecule is CCCc1nc2sc3c(SCc4ccc(Cl)c(Cl)c4)ncnc3c2c2c1COC(C)(C)C2. The molecular weight excluding hydrogens is 481 g/mol. The number of rotatable bonds is 5. The van der Waals surface area contributed by atoms with Crippen LogP contribution in [0.1, 0.15) is 49.6 Å². The van der Waals surface area contributed by atoms with Crippen LogP contribution in [-0.2, 0) is 29.9 Å². The van der Waals surface area contributed by atoms with Crippen LogP contribution < -0.4 is 0 Å². The number of nitrogens with zero attached hydrogens (tertiary/aromatic N) is 3. The largest absolute Gasteiger partial charge is 0.370 e. The molecule has 3 aromatic heterocycles. The molecule has 0 saturated carbocycles. The molecule has 0 spiro atoms. The third kappa shape index (κ3) is 4.12. The maximum absolute atomic E-state index is 6.19. The van der Waals surface area contributed by atoms with Gasteiger partial charge in [0.1, 0.15) is 16.2 Å². The Hall–Kier alpha value is -1.44. The van der Waals surface area contributed by atoms with E-state index in [9.17, 15) is 0 Å². The summed E-state index contributed by atoms with van der Waals surface area (Å²) in [6.45, 7) is 7.12. The van der Waals surface area contributed by atoms with Crippen molar-refractivity contribution < 1.29 is 4.74 Å². The van der Waals surface area contributed by atoms with Gasteiger partial charge in [-0.3, -0.25) is 0 Å². The van der Waals surface area contributed by atoms with Gasteiger partial charge in [0.25, 0.3) is 0 Å². The summed E-state index contributed by atoms with van der Waals surface area (Å²) < 4.78 is 7.25. The highest BCUT2D eigenvalue weighted by molar-refractivity contribution is 7.98. The van der Waals surface area contributed by atoms with Gasteiger partial charge in [0.05, 0.1) is 32.5 Å². The van der Waals surface area contributed by atoms with Crippen LogP contribution in [0.25, 0.3) is 20.4 Å². The minimum absolute atomic E-state index is 0.197. The van der Waals surface area contributed by atoms with E-state index in [4.69, 9.17) is 37.9 Å². The molecule has 1 aliphatic heterocycles. The lowest BCUT2D eigenvalue weighted by atomic mass is 9.88. The number of hydrogen-bond acceptors (Lipinski definition) is 6. The molecule has 0 radical (unpaired) electrons. The summed E-state index contributed by atoms with van der Waals surface area (Å²) in [6, 6.07) is 5.75. The summed E-state index contributed by atoms with van der Waals surface area (Å²) in [5.41, 5.74) is 5.67. The lowest BCUT2D eigenvalue weighted by Gasteiger charge is -2.33. The first kappa shape index (κ1) is 22.4. The summed E-state index contributed by atoms with van der Waals surface area (Å²) in [4.78, 5) is 15.4. The van der Waals surface area contributed by atoms with Crippen LogP contribution in [0.3, 0.4) is 0 Å². The number of pyridine rings is 1. The first-order valence-corrected chi connectivity index (χ1v) is 13.2. The molecule has 0 unspecified atom stereocenters. The van der Waals surface area contributed by atoms with Gasteiger partial charge in [-0.15, -0.1) is 23.1 Å². The average molecular weight is 505 g/mol. The Labute approximate surface area is 205 Å². The van der Waals surface area contributed by atoms with Crippen molar-refractivity contribution in [1.29, 1.82) is 0 Å². The number of halogens is 2. The van der Waals surface area contributed by atoms with Crippen LogP contribution in [0.4, 0.5) is 0 Å². The Morgan fingerprint density at radius 3 is 2.78 bits per heavy atom. The zero-order chi connectivity index (χ0) is 22.5. The molecule has 4 heterocycles. The van der Waals surface area contributed by atoms with E-state index in [1.54, 1.807) is 29.4 Å². The first-order valence-electron chi connectivity index (χ1n) is 10.6. The molecule has 8 heteroatoms. The van der Waals surface area contributed by atoms with Crippen molar-refractivity contribution in [3.8, 4) is 0 Å². The third-order valence-corrected chi connectivity index (χ3v) is 8.74. The van der Waals surface area contributed by atoms with Crippen molar-refractivity contribution in [3.63, 3.8) is 0 Å². The molecule has 32 heavy (non-hydrogen) atoms. The second-order valence-corrected chi connectivity index (χ2v) is 11.4. The predicted octanol–water partition coefficient (Wildman–Crippen LogP) is 7.64. The van der Waals surface area contributed by atoms with E-state index in [1.165, 1.54) is 16.5 Å². The van der Waals surface area contributed by atoms with Gasteiger partial charge in [-0.25, -0.2) is 15.0 Å². The number of benzene rings is 1. The van der Waals surface area contributed by atoms with E-state index in [2.05, 4.69) is 25.8 Å². The number of thiophene rings is 1. The van der Waals surface area contributed by atoms with Gasteiger partial charge in [-0.2, -0.15) is 0 Å². The van der Waals surface area contributed by atoms with Gasteiger partial charge in [0.15, 0.2) is 0 Å². The van der Waals surface area contributed by atoms with E-state index in [0.29, 0.717) is 16.7 Å². The van der Waals surface area contributed by atoms with E-state index >= 15 is 0 Å². The number of ether oxygens (including phenoxy) is 1. The van der Waals surface area contributed by atoms with Crippen molar-refractivity contribution in [2.75, 3.05) is 0 Å². The summed E-state index contributed by atoms with van der Waals surface area (Å²) in [5, 5.41) is 3.29. The van der Waals surface area contributed by atoms with E-state index < -0.39 is 0 Å². The van der Waals surface area contributed by atoms with Crippen LogP contribution in [0.2, 0.25) is 10.0 Å². The minimum Gasteiger partial charge on any atom is -0.370 e. The fraction of sp³-hybridized carbons (Fsp3) is 0.375. The molecule has 0 fully saturated rings. The highest BCUT2D eigenvalue weighted by Crippen LogP contribution is 2.43. The quantitative estimate of drug-likeness (QED) is 0.206. The van der Waals surface area contributed by atoms with Crippen LogP contribution in [0, 0.1) is 0 Å². The Kier molecular flexibility index (Phi) is 6.10. The molecule has 1 aliphatic rings. The van der Waals surface area contributed by atoms with Crippen molar-refractivity contribution in [3.05, 3.63) is 57.0 Å². The predicted molar refractivity (Wildman–Crippen MR) is 135 cm³/mol. The fourth-order valence-corrected chi connectivity index (χ4v) is 6.70. The Morgan fingerprint density at radius 2 is 2.00 bits per heavy atom. The van der Waals surface area contributed by atoms with Gasteiger partial charge in [-0.05, 0) is 43.5 Å². The van der Waals surface area contributed by atoms with E-state index in [1.807, 2.05) is 18.2 Å². The second-order valence-electron chi connectivity index (χ2n) is 8.67. The maximum Gasteiger partial charge on any atom is 0.126 e. The first-order chi connectivity index (χ1) is 15.4. The van der Waals surface area contributed by atoms with E-state index in [0.717, 1.165) is 56.3 Å². The Balaban J connectivity index is 1.61. The minimum atomic E-state index is -0.197. The number of hydrogen-bond donors (Lipinski definition) is 0. The van der Waals surface area contributed by atoms with Crippen molar-refractivity contribution >= 4 is 66.7 Å². The normalized spacial score (nSPS) is 15.4. The molecule has 0 saturated heterocycles. The van der Waals surface area contributed by atoms with Crippen LogP contribution >= 0.6 is 46.3 Å². The molecule has 0 aliphatic carbocycles. The lowest BCUT2D eigenvalue weighted by Crippen LogP contribution is -2.32. The van der Waals surface area contributed by atoms with Crippen molar-refractivity contribution in [2.24, 2.45) is 0 Å². The number of thioether (sulfide) groups is 1. The van der Waals surface area contributed by atoms with Gasteiger partial charge in [0.2, 0.25) is 0 Å². The summed E-state index contributed by atoms with van der Waals surface area (Å²) in [7, 11) is 0. The van der Waals surface area contributed by atoms with Crippen LogP contribution in [0.5, 0.6) is 0 Å². The van der Waals surface area contributed by atoms with Crippen molar-refractivity contribution in [1.82, 2.24) is 15.0 Å². The molecular formula is C24H23Cl2N3OS2. The number of aryl methyl sites for hydroxylation is 1. The third-order valence-electron chi connectivity index (χ3n) is 5.73. The number of aromatic nitrogens is 3. The smallest absolute Gasteiger partial charge is 0.126 e. The molecule has 0 atom stereocenters. The van der Waals surface area contributed by atoms with Crippen LogP contribution in [0.15, 0.2) is 29.6 Å². The van der Waals surface area contributed by atoms with Gasteiger partial charge < -0.3 is 4.74 Å². The molecule has 0 N–H and O–H groups in total. The monoisotopic (exact) mass is 503 g/mol. The van der Waals surface area contributed by atoms with Crippen LogP contribution in [-0.4, -0.2) is 20.6 Å². The maximum atomic E-state index is 6.19. The summed E-state index contributed by atoms with van der Waals surface area (Å²) >= 11 is 15.6. The molecule has 4 nitrogen and oxygen atoms in total. The lowest BCUT2D eigenvalue weighted by molar-refractivity contribution is -0.0401. The average Bonchev–Trinajstić information content (AvgIpc) is 3.13. The number of fused-ring (bicyclic) bond motifs is 5. The van der Waals surface area contributed by atoms with Crippen molar-refractivity contribution in [2.45, 2.75) is 63.0 Å². The zero-order valence-corrected chi connectivity index (χ0v) is 21.3.